The number of carbonyl (C=O) groups excluding carboxylic acids is 1. The van der Waals surface area contributed by atoms with Crippen LogP contribution in [-0.2, 0) is 4.79 Å². The zero-order valence-corrected chi connectivity index (χ0v) is 11.3. The van der Waals surface area contributed by atoms with Crippen molar-refractivity contribution < 1.29 is 9.90 Å². The van der Waals surface area contributed by atoms with Gasteiger partial charge in [-0.05, 0) is 23.8 Å². The molecule has 0 bridgehead atoms. The summed E-state index contributed by atoms with van der Waals surface area (Å²) in [6.07, 6.45) is -0.799. The molecule has 0 spiro atoms. The van der Waals surface area contributed by atoms with Crippen LogP contribution >= 0.6 is 12.2 Å². The Morgan fingerprint density at radius 2 is 2.21 bits per heavy atom. The average molecular weight is 277 g/mol. The maximum Gasteiger partial charge on any atom is 0.253 e. The van der Waals surface area contributed by atoms with Crippen molar-refractivity contribution in [2.24, 2.45) is 0 Å². The summed E-state index contributed by atoms with van der Waals surface area (Å²) < 4.78 is 0. The van der Waals surface area contributed by atoms with E-state index in [9.17, 15) is 9.90 Å². The Morgan fingerprint density at radius 1 is 1.47 bits per heavy atom. The molecule has 1 fully saturated rings. The number of carbonyl (C=O) groups is 1. The lowest BCUT2D eigenvalue weighted by atomic mass is 9.91. The first-order valence-corrected chi connectivity index (χ1v) is 6.59. The maximum atomic E-state index is 12.0. The normalized spacial score (nSPS) is 26.9. The molecule has 1 saturated heterocycles. The van der Waals surface area contributed by atoms with Crippen molar-refractivity contribution >= 4 is 28.9 Å². The number of fused-ring (bicyclic) bond motifs is 1. The Hall–Kier alpha value is -1.66. The smallest absolute Gasteiger partial charge is 0.253 e. The van der Waals surface area contributed by atoms with Gasteiger partial charge in [0.15, 0.2) is 5.11 Å². The Morgan fingerprint density at radius 3 is 2.89 bits per heavy atom. The molecule has 2 aliphatic heterocycles. The monoisotopic (exact) mass is 277 g/mol. The molecule has 3 unspecified atom stereocenters. The summed E-state index contributed by atoms with van der Waals surface area (Å²) in [6.45, 7) is 0.627. The molecular weight excluding hydrogens is 262 g/mol. The van der Waals surface area contributed by atoms with E-state index in [4.69, 9.17) is 12.2 Å². The highest BCUT2D eigenvalue weighted by Crippen LogP contribution is 2.34. The number of hydrogen-bond acceptors (Lipinski definition) is 4. The Kier molecular flexibility index (Phi) is 2.91. The molecular formula is C13H15N3O2S. The number of para-hydroxylation sites is 1. The van der Waals surface area contributed by atoms with Gasteiger partial charge in [-0.3, -0.25) is 9.69 Å². The summed E-state index contributed by atoms with van der Waals surface area (Å²) >= 11 is 5.03. The van der Waals surface area contributed by atoms with Gasteiger partial charge >= 0.3 is 0 Å². The van der Waals surface area contributed by atoms with Crippen molar-refractivity contribution in [1.82, 2.24) is 10.2 Å². The minimum Gasteiger partial charge on any atom is -0.390 e. The SMILES string of the molecule is CN1C(=O)C(C(O)C2CNc3ccccc32)NC1=S. The van der Waals surface area contributed by atoms with Crippen molar-refractivity contribution in [2.75, 3.05) is 18.9 Å². The second-order valence-corrected chi connectivity index (χ2v) is 5.28. The van der Waals surface area contributed by atoms with Gasteiger partial charge in [0.05, 0.1) is 6.10 Å². The van der Waals surface area contributed by atoms with Crippen LogP contribution in [-0.4, -0.2) is 46.8 Å². The van der Waals surface area contributed by atoms with Crippen LogP contribution < -0.4 is 10.6 Å². The molecule has 6 heteroatoms. The van der Waals surface area contributed by atoms with Gasteiger partial charge in [0.2, 0.25) is 0 Å². The van der Waals surface area contributed by atoms with Crippen molar-refractivity contribution in [3.63, 3.8) is 0 Å². The van der Waals surface area contributed by atoms with E-state index in [1.165, 1.54) is 4.90 Å². The predicted molar refractivity (Wildman–Crippen MR) is 76.0 cm³/mol. The number of benzene rings is 1. The van der Waals surface area contributed by atoms with Crippen LogP contribution in [0.1, 0.15) is 11.5 Å². The van der Waals surface area contributed by atoms with E-state index in [1.54, 1.807) is 7.05 Å². The molecule has 19 heavy (non-hydrogen) atoms. The van der Waals surface area contributed by atoms with Gasteiger partial charge in [-0.25, -0.2) is 0 Å². The second kappa shape index (κ2) is 4.47. The molecule has 2 aliphatic rings. The van der Waals surface area contributed by atoms with Gasteiger partial charge in [-0.15, -0.1) is 0 Å². The van der Waals surface area contributed by atoms with Crippen LogP contribution in [0.3, 0.4) is 0 Å². The van der Waals surface area contributed by atoms with E-state index in [2.05, 4.69) is 10.6 Å². The Labute approximate surface area is 116 Å². The van der Waals surface area contributed by atoms with Gasteiger partial charge in [0.1, 0.15) is 6.04 Å². The molecule has 0 saturated carbocycles. The van der Waals surface area contributed by atoms with Crippen molar-refractivity contribution in [3.8, 4) is 0 Å². The number of thiocarbonyl (C=S) groups is 1. The molecule has 1 aromatic rings. The quantitative estimate of drug-likeness (QED) is 0.677. The van der Waals surface area contributed by atoms with Gasteiger partial charge in [-0.1, -0.05) is 18.2 Å². The van der Waals surface area contributed by atoms with Crippen LogP contribution in [0.4, 0.5) is 5.69 Å². The summed E-state index contributed by atoms with van der Waals surface area (Å²) in [5, 5.41) is 17.0. The van der Waals surface area contributed by atoms with Crippen molar-refractivity contribution in [2.45, 2.75) is 18.1 Å². The molecule has 1 aromatic carbocycles. The highest BCUT2D eigenvalue weighted by Gasteiger charge is 2.43. The summed E-state index contributed by atoms with van der Waals surface area (Å²) in [7, 11) is 1.62. The summed E-state index contributed by atoms with van der Waals surface area (Å²) in [5.74, 6) is -0.283. The molecule has 3 atom stereocenters. The first kappa shape index (κ1) is 12.4. The van der Waals surface area contributed by atoms with Crippen molar-refractivity contribution in [1.29, 1.82) is 0 Å². The Balaban J connectivity index is 1.85. The molecule has 100 valence electrons. The first-order chi connectivity index (χ1) is 9.09. The van der Waals surface area contributed by atoms with E-state index in [1.807, 2.05) is 24.3 Å². The summed E-state index contributed by atoms with van der Waals surface area (Å²) in [4.78, 5) is 13.4. The predicted octanol–water partition coefficient (Wildman–Crippen LogP) is 0.272. The Bertz CT molecular complexity index is 548. The first-order valence-electron chi connectivity index (χ1n) is 6.18. The standard InChI is InChI=1S/C13H15N3O2S/c1-16-12(18)10(15-13(16)19)11(17)8-6-14-9-5-3-2-4-7(8)9/h2-5,8,10-11,14,17H,6H2,1H3,(H,15,19). The van der Waals surface area contributed by atoms with E-state index in [0.717, 1.165) is 11.3 Å². The third-order valence-corrected chi connectivity index (χ3v) is 4.20. The largest absolute Gasteiger partial charge is 0.390 e. The van der Waals surface area contributed by atoms with E-state index in [-0.39, 0.29) is 11.8 Å². The number of aliphatic hydroxyl groups excluding tert-OH is 1. The minimum absolute atomic E-state index is 0.105. The lowest BCUT2D eigenvalue weighted by Gasteiger charge is -2.22. The van der Waals surface area contributed by atoms with E-state index in [0.29, 0.717) is 11.7 Å². The highest BCUT2D eigenvalue weighted by molar-refractivity contribution is 7.80. The third-order valence-electron chi connectivity index (χ3n) is 3.81. The lowest BCUT2D eigenvalue weighted by molar-refractivity contribution is -0.128. The van der Waals surface area contributed by atoms with Crippen LogP contribution in [0.5, 0.6) is 0 Å². The fourth-order valence-corrected chi connectivity index (χ4v) is 2.90. The molecule has 5 nitrogen and oxygen atoms in total. The number of amides is 1. The number of aliphatic hydroxyl groups is 1. The number of nitrogens with one attached hydrogen (secondary N) is 2. The topological polar surface area (TPSA) is 64.6 Å². The number of likely N-dealkylation sites (N-methyl/N-ethyl adjacent to an activating group) is 1. The summed E-state index contributed by atoms with van der Waals surface area (Å²) in [6, 6.07) is 7.18. The zero-order chi connectivity index (χ0) is 13.6. The molecule has 0 radical (unpaired) electrons. The molecule has 3 rings (SSSR count). The van der Waals surface area contributed by atoms with E-state index >= 15 is 0 Å². The molecule has 0 aromatic heterocycles. The third kappa shape index (κ3) is 1.87. The van der Waals surface area contributed by atoms with Crippen LogP contribution in [0.15, 0.2) is 24.3 Å². The average Bonchev–Trinajstić information content (AvgIpc) is 2.95. The summed E-state index contributed by atoms with van der Waals surface area (Å²) in [5.41, 5.74) is 2.07. The van der Waals surface area contributed by atoms with Crippen LogP contribution in [0.2, 0.25) is 0 Å². The minimum atomic E-state index is -0.799. The second-order valence-electron chi connectivity index (χ2n) is 4.89. The van der Waals surface area contributed by atoms with Crippen LogP contribution in [0, 0.1) is 0 Å². The van der Waals surface area contributed by atoms with E-state index < -0.39 is 12.1 Å². The fraction of sp³-hybridized carbons (Fsp3) is 0.385. The number of rotatable bonds is 2. The molecule has 2 heterocycles. The van der Waals surface area contributed by atoms with Gasteiger partial charge in [0, 0.05) is 25.2 Å². The van der Waals surface area contributed by atoms with Crippen molar-refractivity contribution in [3.05, 3.63) is 29.8 Å². The number of hydrogen-bond donors (Lipinski definition) is 3. The lowest BCUT2D eigenvalue weighted by Crippen LogP contribution is -2.44. The van der Waals surface area contributed by atoms with Gasteiger partial charge < -0.3 is 15.7 Å². The number of nitrogens with zero attached hydrogens (tertiary/aromatic N) is 1. The zero-order valence-electron chi connectivity index (χ0n) is 10.5. The molecule has 1 amide bonds. The highest BCUT2D eigenvalue weighted by atomic mass is 32.1. The van der Waals surface area contributed by atoms with Crippen LogP contribution in [0.25, 0.3) is 0 Å². The number of anilines is 1. The fourth-order valence-electron chi connectivity index (χ4n) is 2.68. The molecule has 0 aliphatic carbocycles. The van der Waals surface area contributed by atoms with Gasteiger partial charge in [0.25, 0.3) is 5.91 Å². The molecule has 3 N–H and O–H groups in total. The van der Waals surface area contributed by atoms with Gasteiger partial charge in [-0.2, -0.15) is 0 Å². The maximum absolute atomic E-state index is 12.0.